The summed E-state index contributed by atoms with van der Waals surface area (Å²) in [5.41, 5.74) is 0.960. The molecular formula is C15H13F2NO2S. The Labute approximate surface area is 124 Å². The maximum absolute atomic E-state index is 13.4. The van der Waals surface area contributed by atoms with Crippen molar-refractivity contribution >= 4 is 23.0 Å². The second-order valence-corrected chi connectivity index (χ2v) is 5.48. The van der Waals surface area contributed by atoms with Crippen LogP contribution in [0.3, 0.4) is 0 Å². The summed E-state index contributed by atoms with van der Waals surface area (Å²) < 4.78 is 26.1. The molecule has 21 heavy (non-hydrogen) atoms. The summed E-state index contributed by atoms with van der Waals surface area (Å²) >= 11 is 1.29. The molecule has 1 heterocycles. The molecule has 0 radical (unpaired) electrons. The fourth-order valence-electron chi connectivity index (χ4n) is 1.76. The number of hydrogen-bond donors (Lipinski definition) is 1. The Balaban J connectivity index is 1.91. The van der Waals surface area contributed by atoms with E-state index in [4.69, 9.17) is 0 Å². The van der Waals surface area contributed by atoms with E-state index in [-0.39, 0.29) is 30.2 Å². The minimum atomic E-state index is -0.690. The SMILES string of the molecule is CC(=O)c1cc(CC(=O)NCc2ccc(F)cc2F)cs1. The summed E-state index contributed by atoms with van der Waals surface area (Å²) in [5, 5.41) is 4.31. The molecule has 0 aliphatic rings. The van der Waals surface area contributed by atoms with Crippen LogP contribution in [-0.4, -0.2) is 11.7 Å². The summed E-state index contributed by atoms with van der Waals surface area (Å²) in [7, 11) is 0. The first-order valence-corrected chi connectivity index (χ1v) is 7.12. The molecule has 1 aromatic carbocycles. The first-order chi connectivity index (χ1) is 9.95. The molecule has 1 N–H and O–H groups in total. The minimum Gasteiger partial charge on any atom is -0.352 e. The highest BCUT2D eigenvalue weighted by atomic mass is 32.1. The molecule has 1 aromatic heterocycles. The molecule has 0 aliphatic carbocycles. The molecule has 110 valence electrons. The molecule has 2 aromatic rings. The Hall–Kier alpha value is -2.08. The van der Waals surface area contributed by atoms with E-state index in [9.17, 15) is 18.4 Å². The van der Waals surface area contributed by atoms with Crippen LogP contribution in [0.1, 0.15) is 27.7 Å². The molecule has 1 amide bonds. The number of amides is 1. The van der Waals surface area contributed by atoms with E-state index in [1.807, 2.05) is 0 Å². The highest BCUT2D eigenvalue weighted by Crippen LogP contribution is 2.16. The van der Waals surface area contributed by atoms with Gasteiger partial charge in [-0.25, -0.2) is 8.78 Å². The van der Waals surface area contributed by atoms with Crippen molar-refractivity contribution in [3.8, 4) is 0 Å². The first-order valence-electron chi connectivity index (χ1n) is 6.24. The highest BCUT2D eigenvalue weighted by molar-refractivity contribution is 7.12. The summed E-state index contributed by atoms with van der Waals surface area (Å²) in [5.74, 6) is -1.67. The highest BCUT2D eigenvalue weighted by Gasteiger charge is 2.09. The van der Waals surface area contributed by atoms with Gasteiger partial charge in [-0.1, -0.05) is 6.07 Å². The van der Waals surface area contributed by atoms with Gasteiger partial charge in [0.25, 0.3) is 0 Å². The predicted molar refractivity (Wildman–Crippen MR) is 76.2 cm³/mol. The molecule has 0 bridgehead atoms. The van der Waals surface area contributed by atoms with Crippen molar-refractivity contribution < 1.29 is 18.4 Å². The second-order valence-electron chi connectivity index (χ2n) is 4.56. The normalized spacial score (nSPS) is 10.4. The number of ketones is 1. The van der Waals surface area contributed by atoms with Crippen LogP contribution in [0.5, 0.6) is 0 Å². The van der Waals surface area contributed by atoms with Crippen molar-refractivity contribution in [3.63, 3.8) is 0 Å². The fraction of sp³-hybridized carbons (Fsp3) is 0.200. The zero-order valence-electron chi connectivity index (χ0n) is 11.3. The number of Topliss-reactive ketones (excluding diaryl/α,β-unsaturated/α-hetero) is 1. The lowest BCUT2D eigenvalue weighted by Crippen LogP contribution is -2.24. The lowest BCUT2D eigenvalue weighted by Gasteiger charge is -2.05. The number of hydrogen-bond acceptors (Lipinski definition) is 3. The third-order valence-corrected chi connectivity index (χ3v) is 3.94. The van der Waals surface area contributed by atoms with Gasteiger partial charge in [-0.05, 0) is 30.0 Å². The van der Waals surface area contributed by atoms with Crippen molar-refractivity contribution in [1.29, 1.82) is 0 Å². The van der Waals surface area contributed by atoms with Gasteiger partial charge in [-0.2, -0.15) is 0 Å². The summed E-state index contributed by atoms with van der Waals surface area (Å²) in [6.07, 6.45) is 0.118. The maximum Gasteiger partial charge on any atom is 0.224 e. The third kappa shape index (κ3) is 4.19. The van der Waals surface area contributed by atoms with E-state index in [1.54, 1.807) is 11.4 Å². The van der Waals surface area contributed by atoms with Gasteiger partial charge in [0.1, 0.15) is 11.6 Å². The van der Waals surface area contributed by atoms with Gasteiger partial charge in [-0.15, -0.1) is 11.3 Å². The molecule has 2 rings (SSSR count). The summed E-state index contributed by atoms with van der Waals surface area (Å²) in [6, 6.07) is 4.89. The van der Waals surface area contributed by atoms with E-state index in [0.717, 1.165) is 17.7 Å². The van der Waals surface area contributed by atoms with E-state index >= 15 is 0 Å². The van der Waals surface area contributed by atoms with Crippen molar-refractivity contribution in [2.75, 3.05) is 0 Å². The standard InChI is InChI=1S/C15H13F2NO2S/c1-9(19)14-4-10(8-21-14)5-15(20)18-7-11-2-3-12(16)6-13(11)17/h2-4,6,8H,5,7H2,1H3,(H,18,20). The van der Waals surface area contributed by atoms with Gasteiger partial charge in [0.2, 0.25) is 5.91 Å². The number of nitrogens with one attached hydrogen (secondary N) is 1. The van der Waals surface area contributed by atoms with E-state index in [0.29, 0.717) is 4.88 Å². The average Bonchev–Trinajstić information content (AvgIpc) is 2.86. The zero-order chi connectivity index (χ0) is 15.4. The van der Waals surface area contributed by atoms with Crippen LogP contribution in [0.4, 0.5) is 8.78 Å². The van der Waals surface area contributed by atoms with E-state index in [1.165, 1.54) is 24.3 Å². The third-order valence-electron chi connectivity index (χ3n) is 2.86. The molecule has 6 heteroatoms. The second kappa shape index (κ2) is 6.58. The summed E-state index contributed by atoms with van der Waals surface area (Å²) in [4.78, 5) is 23.5. The number of benzene rings is 1. The van der Waals surface area contributed by atoms with E-state index in [2.05, 4.69) is 5.32 Å². The lowest BCUT2D eigenvalue weighted by molar-refractivity contribution is -0.120. The molecule has 3 nitrogen and oxygen atoms in total. The Bertz CT molecular complexity index is 682. The maximum atomic E-state index is 13.4. The van der Waals surface area contributed by atoms with Gasteiger partial charge >= 0.3 is 0 Å². The predicted octanol–water partition coefficient (Wildman–Crippen LogP) is 3.09. The Kier molecular flexibility index (Phi) is 4.80. The Morgan fingerprint density at radius 1 is 1.24 bits per heavy atom. The molecule has 0 aliphatic heterocycles. The number of thiophene rings is 1. The topological polar surface area (TPSA) is 46.2 Å². The number of carbonyl (C=O) groups excluding carboxylic acids is 2. The average molecular weight is 309 g/mol. The smallest absolute Gasteiger partial charge is 0.224 e. The largest absolute Gasteiger partial charge is 0.352 e. The van der Waals surface area contributed by atoms with Gasteiger partial charge in [-0.3, -0.25) is 9.59 Å². The van der Waals surface area contributed by atoms with Crippen LogP contribution in [0.2, 0.25) is 0 Å². The number of rotatable bonds is 5. The van der Waals surface area contributed by atoms with Crippen LogP contribution in [0, 0.1) is 11.6 Å². The number of halogens is 2. The molecular weight excluding hydrogens is 296 g/mol. The zero-order valence-corrected chi connectivity index (χ0v) is 12.1. The van der Waals surface area contributed by atoms with E-state index < -0.39 is 11.6 Å². The van der Waals surface area contributed by atoms with Crippen molar-refractivity contribution in [3.05, 3.63) is 57.3 Å². The van der Waals surface area contributed by atoms with Crippen LogP contribution in [0.25, 0.3) is 0 Å². The molecule has 0 spiro atoms. The molecule has 0 fully saturated rings. The number of carbonyl (C=O) groups is 2. The monoisotopic (exact) mass is 309 g/mol. The molecule has 0 atom stereocenters. The van der Waals surface area contributed by atoms with Crippen molar-refractivity contribution in [2.24, 2.45) is 0 Å². The molecule has 0 saturated heterocycles. The lowest BCUT2D eigenvalue weighted by atomic mass is 10.2. The quantitative estimate of drug-likeness (QED) is 0.863. The van der Waals surface area contributed by atoms with Crippen LogP contribution in [0.15, 0.2) is 29.6 Å². The summed E-state index contributed by atoms with van der Waals surface area (Å²) in [6.45, 7) is 1.46. The van der Waals surface area contributed by atoms with Gasteiger partial charge in [0, 0.05) is 18.2 Å². The first kappa shape index (κ1) is 15.3. The van der Waals surface area contributed by atoms with Crippen LogP contribution in [-0.2, 0) is 17.8 Å². The molecule has 0 unspecified atom stereocenters. The van der Waals surface area contributed by atoms with Gasteiger partial charge < -0.3 is 5.32 Å². The molecule has 0 saturated carbocycles. The van der Waals surface area contributed by atoms with Gasteiger partial charge in [0.05, 0.1) is 11.3 Å². The Morgan fingerprint density at radius 2 is 2.00 bits per heavy atom. The van der Waals surface area contributed by atoms with Gasteiger partial charge in [0.15, 0.2) is 5.78 Å². The Morgan fingerprint density at radius 3 is 2.62 bits per heavy atom. The van der Waals surface area contributed by atoms with Crippen LogP contribution < -0.4 is 5.32 Å². The fourth-order valence-corrected chi connectivity index (χ4v) is 2.57. The minimum absolute atomic E-state index is 0.00531. The van der Waals surface area contributed by atoms with Crippen molar-refractivity contribution in [2.45, 2.75) is 19.9 Å². The van der Waals surface area contributed by atoms with Crippen molar-refractivity contribution in [1.82, 2.24) is 5.32 Å². The van der Waals surface area contributed by atoms with Crippen LogP contribution >= 0.6 is 11.3 Å².